The summed E-state index contributed by atoms with van der Waals surface area (Å²) in [4.78, 5) is 27.4. The molecule has 1 amide bonds. The molecular formula is C13H10F2N2O4S. The highest BCUT2D eigenvalue weighted by Crippen LogP contribution is 2.21. The number of esters is 1. The van der Waals surface area contributed by atoms with E-state index in [1.807, 2.05) is 0 Å². The number of carbonyl (C=O) groups excluding carboxylic acids is 2. The zero-order valence-corrected chi connectivity index (χ0v) is 12.0. The number of benzene rings is 1. The van der Waals surface area contributed by atoms with Gasteiger partial charge >= 0.3 is 12.6 Å². The first-order valence-corrected chi connectivity index (χ1v) is 6.71. The van der Waals surface area contributed by atoms with Gasteiger partial charge in [0.2, 0.25) is 0 Å². The van der Waals surface area contributed by atoms with Crippen LogP contribution in [0.3, 0.4) is 0 Å². The Hall–Kier alpha value is -2.55. The van der Waals surface area contributed by atoms with E-state index in [0.717, 1.165) is 11.3 Å². The molecule has 0 saturated carbocycles. The standard InChI is InChI=1S/C13H10F2N2O4S/c1-20-11(19)9-6-16-13(22-9)17-10(18)7-3-2-4-8(5-7)21-12(14)15/h2-6,12H,1H3,(H,16,17,18). The van der Waals surface area contributed by atoms with E-state index in [0.29, 0.717) is 0 Å². The lowest BCUT2D eigenvalue weighted by Gasteiger charge is -2.06. The van der Waals surface area contributed by atoms with Gasteiger partial charge in [-0.1, -0.05) is 17.4 Å². The number of hydrogen-bond acceptors (Lipinski definition) is 6. The monoisotopic (exact) mass is 328 g/mol. The summed E-state index contributed by atoms with van der Waals surface area (Å²) in [6.07, 6.45) is 1.27. The van der Waals surface area contributed by atoms with Gasteiger partial charge < -0.3 is 9.47 Å². The average molecular weight is 328 g/mol. The van der Waals surface area contributed by atoms with E-state index < -0.39 is 18.5 Å². The molecule has 0 fully saturated rings. The number of thiazole rings is 1. The Morgan fingerprint density at radius 3 is 2.82 bits per heavy atom. The van der Waals surface area contributed by atoms with Gasteiger partial charge in [-0.05, 0) is 18.2 Å². The molecule has 0 unspecified atom stereocenters. The number of nitrogens with one attached hydrogen (secondary N) is 1. The van der Waals surface area contributed by atoms with Crippen LogP contribution >= 0.6 is 11.3 Å². The number of ether oxygens (including phenoxy) is 2. The lowest BCUT2D eigenvalue weighted by molar-refractivity contribution is -0.0498. The van der Waals surface area contributed by atoms with Crippen LogP contribution < -0.4 is 10.1 Å². The Morgan fingerprint density at radius 1 is 1.36 bits per heavy atom. The lowest BCUT2D eigenvalue weighted by atomic mass is 10.2. The predicted molar refractivity (Wildman–Crippen MR) is 74.5 cm³/mol. The van der Waals surface area contributed by atoms with E-state index in [2.05, 4.69) is 19.8 Å². The number of hydrogen-bond donors (Lipinski definition) is 1. The van der Waals surface area contributed by atoms with Crippen LogP contribution in [0.25, 0.3) is 0 Å². The summed E-state index contributed by atoms with van der Waals surface area (Å²) >= 11 is 0.935. The SMILES string of the molecule is COC(=O)c1cnc(NC(=O)c2cccc(OC(F)F)c2)s1. The van der Waals surface area contributed by atoms with Crippen LogP contribution in [0.1, 0.15) is 20.0 Å². The highest BCUT2D eigenvalue weighted by Gasteiger charge is 2.14. The fraction of sp³-hybridized carbons (Fsp3) is 0.154. The van der Waals surface area contributed by atoms with Crippen LogP contribution in [0.5, 0.6) is 5.75 Å². The smallest absolute Gasteiger partial charge is 0.387 e. The van der Waals surface area contributed by atoms with E-state index in [4.69, 9.17) is 0 Å². The van der Waals surface area contributed by atoms with Crippen molar-refractivity contribution in [3.05, 3.63) is 40.9 Å². The molecule has 0 radical (unpaired) electrons. The van der Waals surface area contributed by atoms with E-state index in [9.17, 15) is 18.4 Å². The second-order valence-electron chi connectivity index (χ2n) is 3.88. The van der Waals surface area contributed by atoms with Crippen LogP contribution in [-0.4, -0.2) is 30.6 Å². The van der Waals surface area contributed by atoms with Crippen LogP contribution in [0.15, 0.2) is 30.5 Å². The zero-order valence-electron chi connectivity index (χ0n) is 11.2. The quantitative estimate of drug-likeness (QED) is 0.854. The van der Waals surface area contributed by atoms with Crippen molar-refractivity contribution in [3.63, 3.8) is 0 Å². The van der Waals surface area contributed by atoms with E-state index in [1.165, 1.54) is 37.6 Å². The molecule has 0 atom stereocenters. The fourth-order valence-corrected chi connectivity index (χ4v) is 2.24. The van der Waals surface area contributed by atoms with Crippen LogP contribution in [0.2, 0.25) is 0 Å². The van der Waals surface area contributed by atoms with Crippen molar-refractivity contribution in [2.75, 3.05) is 12.4 Å². The second kappa shape index (κ2) is 6.94. The van der Waals surface area contributed by atoms with Crippen LogP contribution in [0.4, 0.5) is 13.9 Å². The number of anilines is 1. The molecule has 2 rings (SSSR count). The molecule has 0 aliphatic carbocycles. The first-order chi connectivity index (χ1) is 10.5. The topological polar surface area (TPSA) is 77.5 Å². The third-order valence-electron chi connectivity index (χ3n) is 2.43. The first-order valence-electron chi connectivity index (χ1n) is 5.90. The number of methoxy groups -OCH3 is 1. The number of carbonyl (C=O) groups is 2. The molecule has 9 heteroatoms. The summed E-state index contributed by atoms with van der Waals surface area (Å²) in [6.45, 7) is -2.97. The molecule has 1 aromatic carbocycles. The number of nitrogens with zero attached hydrogens (tertiary/aromatic N) is 1. The van der Waals surface area contributed by atoms with Gasteiger partial charge in [-0.25, -0.2) is 9.78 Å². The van der Waals surface area contributed by atoms with Gasteiger partial charge in [-0.3, -0.25) is 10.1 Å². The van der Waals surface area contributed by atoms with Crippen molar-refractivity contribution in [1.29, 1.82) is 0 Å². The maximum atomic E-state index is 12.1. The van der Waals surface area contributed by atoms with Gasteiger partial charge in [0.25, 0.3) is 5.91 Å². The molecule has 0 aliphatic heterocycles. The van der Waals surface area contributed by atoms with E-state index in [-0.39, 0.29) is 21.3 Å². The summed E-state index contributed by atoms with van der Waals surface area (Å²) in [6, 6.07) is 5.33. The van der Waals surface area contributed by atoms with Gasteiger partial charge in [0.05, 0.1) is 13.3 Å². The third-order valence-corrected chi connectivity index (χ3v) is 3.33. The Morgan fingerprint density at radius 2 is 2.14 bits per heavy atom. The molecule has 2 aromatic rings. The molecule has 116 valence electrons. The van der Waals surface area contributed by atoms with Crippen molar-refractivity contribution in [2.24, 2.45) is 0 Å². The Balaban J connectivity index is 2.09. The Labute approximate surface area is 127 Å². The van der Waals surface area contributed by atoms with Gasteiger partial charge in [0, 0.05) is 5.56 Å². The molecule has 1 heterocycles. The van der Waals surface area contributed by atoms with Crippen molar-refractivity contribution in [3.8, 4) is 5.75 Å². The van der Waals surface area contributed by atoms with Gasteiger partial charge in [-0.15, -0.1) is 0 Å². The zero-order chi connectivity index (χ0) is 16.1. The number of amides is 1. The van der Waals surface area contributed by atoms with Gasteiger partial charge in [0.1, 0.15) is 10.6 Å². The van der Waals surface area contributed by atoms with E-state index in [1.54, 1.807) is 0 Å². The van der Waals surface area contributed by atoms with Gasteiger partial charge in [-0.2, -0.15) is 8.78 Å². The fourth-order valence-electron chi connectivity index (χ4n) is 1.51. The van der Waals surface area contributed by atoms with Crippen molar-refractivity contribution >= 4 is 28.3 Å². The summed E-state index contributed by atoms with van der Waals surface area (Å²) < 4.78 is 33.0. The summed E-state index contributed by atoms with van der Waals surface area (Å²) in [5, 5.41) is 2.64. The van der Waals surface area contributed by atoms with Crippen LogP contribution in [-0.2, 0) is 4.74 Å². The maximum Gasteiger partial charge on any atom is 0.387 e. The van der Waals surface area contributed by atoms with Crippen molar-refractivity contribution < 1.29 is 27.8 Å². The normalized spacial score (nSPS) is 10.4. The number of rotatable bonds is 5. The predicted octanol–water partition coefficient (Wildman–Crippen LogP) is 2.78. The summed E-state index contributed by atoms with van der Waals surface area (Å²) in [7, 11) is 1.23. The van der Waals surface area contributed by atoms with Gasteiger partial charge in [0.15, 0.2) is 5.13 Å². The first kappa shape index (κ1) is 15.8. The second-order valence-corrected chi connectivity index (χ2v) is 4.91. The molecule has 0 saturated heterocycles. The molecule has 1 aromatic heterocycles. The summed E-state index contributed by atoms with van der Waals surface area (Å²) in [5.74, 6) is -1.26. The van der Waals surface area contributed by atoms with Crippen molar-refractivity contribution in [2.45, 2.75) is 6.61 Å². The molecule has 6 nitrogen and oxygen atoms in total. The Kier molecular flexibility index (Phi) is 4.99. The minimum absolute atomic E-state index is 0.118. The largest absolute Gasteiger partial charge is 0.465 e. The third kappa shape index (κ3) is 3.98. The number of aromatic nitrogens is 1. The minimum atomic E-state index is -2.97. The molecule has 0 aliphatic rings. The lowest BCUT2D eigenvalue weighted by Crippen LogP contribution is -2.12. The minimum Gasteiger partial charge on any atom is -0.465 e. The molecule has 1 N–H and O–H groups in total. The van der Waals surface area contributed by atoms with E-state index >= 15 is 0 Å². The molecule has 22 heavy (non-hydrogen) atoms. The highest BCUT2D eigenvalue weighted by molar-refractivity contribution is 7.17. The summed E-state index contributed by atoms with van der Waals surface area (Å²) in [5.41, 5.74) is 0.118. The molecule has 0 spiro atoms. The maximum absolute atomic E-state index is 12.1. The molecular weight excluding hydrogens is 318 g/mol. The van der Waals surface area contributed by atoms with Crippen LogP contribution in [0, 0.1) is 0 Å². The average Bonchev–Trinajstić information content (AvgIpc) is 2.94. The highest BCUT2D eigenvalue weighted by atomic mass is 32.1. The molecule has 0 bridgehead atoms. The number of halogens is 2. The number of alkyl halides is 2. The van der Waals surface area contributed by atoms with Crippen molar-refractivity contribution in [1.82, 2.24) is 4.98 Å². The Bertz CT molecular complexity index is 690.